The number of para-hydroxylation sites is 1. The SMILES string of the molecule is CCC1CN(C(=O)Cn2ncc(=O)c3ccccc32)CC1N(C)C. The Balaban J connectivity index is 1.81. The van der Waals surface area contributed by atoms with Crippen LogP contribution in [0.2, 0.25) is 0 Å². The molecule has 0 saturated carbocycles. The van der Waals surface area contributed by atoms with Crippen molar-refractivity contribution in [3.8, 4) is 0 Å². The third-order valence-electron chi connectivity index (χ3n) is 4.99. The van der Waals surface area contributed by atoms with Gasteiger partial charge in [0, 0.05) is 24.5 Å². The lowest BCUT2D eigenvalue weighted by molar-refractivity contribution is -0.131. The fourth-order valence-corrected chi connectivity index (χ4v) is 3.56. The molecule has 1 aliphatic heterocycles. The van der Waals surface area contributed by atoms with Gasteiger partial charge in [-0.3, -0.25) is 14.3 Å². The number of carbonyl (C=O) groups is 1. The van der Waals surface area contributed by atoms with Crippen molar-refractivity contribution in [2.24, 2.45) is 5.92 Å². The van der Waals surface area contributed by atoms with Gasteiger partial charge in [0.2, 0.25) is 11.3 Å². The van der Waals surface area contributed by atoms with Gasteiger partial charge >= 0.3 is 0 Å². The topological polar surface area (TPSA) is 58.4 Å². The fourth-order valence-electron chi connectivity index (χ4n) is 3.56. The zero-order chi connectivity index (χ0) is 17.3. The molecule has 2 atom stereocenters. The Hall–Kier alpha value is -2.21. The van der Waals surface area contributed by atoms with Gasteiger partial charge in [-0.1, -0.05) is 25.5 Å². The zero-order valence-electron chi connectivity index (χ0n) is 14.5. The highest BCUT2D eigenvalue weighted by molar-refractivity contribution is 5.81. The van der Waals surface area contributed by atoms with Crippen LogP contribution < -0.4 is 5.43 Å². The maximum Gasteiger partial charge on any atom is 0.244 e. The molecule has 1 fully saturated rings. The molecule has 2 unspecified atom stereocenters. The van der Waals surface area contributed by atoms with Gasteiger partial charge in [0.05, 0.1) is 11.7 Å². The molecule has 3 rings (SSSR count). The third kappa shape index (κ3) is 3.06. The van der Waals surface area contributed by atoms with Crippen molar-refractivity contribution in [3.05, 3.63) is 40.7 Å². The first-order valence-corrected chi connectivity index (χ1v) is 8.40. The van der Waals surface area contributed by atoms with E-state index in [-0.39, 0.29) is 17.9 Å². The van der Waals surface area contributed by atoms with E-state index in [1.165, 1.54) is 6.20 Å². The largest absolute Gasteiger partial charge is 0.339 e. The van der Waals surface area contributed by atoms with Crippen molar-refractivity contribution < 1.29 is 4.79 Å². The van der Waals surface area contributed by atoms with Crippen molar-refractivity contribution >= 4 is 16.8 Å². The molecule has 2 aromatic rings. The van der Waals surface area contributed by atoms with Crippen LogP contribution in [0.5, 0.6) is 0 Å². The Morgan fingerprint density at radius 1 is 1.29 bits per heavy atom. The Kier molecular flexibility index (Phi) is 4.66. The van der Waals surface area contributed by atoms with Gasteiger partial charge in [-0.2, -0.15) is 5.10 Å². The van der Waals surface area contributed by atoms with Crippen molar-refractivity contribution in [1.82, 2.24) is 19.6 Å². The average Bonchev–Trinajstić information content (AvgIpc) is 3.02. The minimum atomic E-state index is -0.116. The average molecular weight is 328 g/mol. The normalized spacial score (nSPS) is 20.9. The van der Waals surface area contributed by atoms with Crippen LogP contribution in [-0.2, 0) is 11.3 Å². The number of fused-ring (bicyclic) bond motifs is 1. The number of rotatable bonds is 4. The highest BCUT2D eigenvalue weighted by Gasteiger charge is 2.35. The maximum atomic E-state index is 12.7. The van der Waals surface area contributed by atoms with Gasteiger partial charge in [0.25, 0.3) is 0 Å². The van der Waals surface area contributed by atoms with Gasteiger partial charge in [-0.25, -0.2) is 0 Å². The van der Waals surface area contributed by atoms with Crippen LogP contribution in [0.4, 0.5) is 0 Å². The van der Waals surface area contributed by atoms with Crippen LogP contribution in [0.15, 0.2) is 35.3 Å². The number of hydrogen-bond acceptors (Lipinski definition) is 4. The first kappa shape index (κ1) is 16.6. The fraction of sp³-hybridized carbons (Fsp3) is 0.500. The van der Waals surface area contributed by atoms with Crippen molar-refractivity contribution in [2.75, 3.05) is 27.2 Å². The summed E-state index contributed by atoms with van der Waals surface area (Å²) in [6.45, 7) is 3.88. The summed E-state index contributed by atoms with van der Waals surface area (Å²) in [5.74, 6) is 0.557. The Bertz CT molecular complexity index is 799. The second kappa shape index (κ2) is 6.73. The molecular weight excluding hydrogens is 304 g/mol. The summed E-state index contributed by atoms with van der Waals surface area (Å²) in [6, 6.07) is 7.68. The molecular formula is C18H24N4O2. The minimum Gasteiger partial charge on any atom is -0.339 e. The number of amides is 1. The van der Waals surface area contributed by atoms with E-state index in [4.69, 9.17) is 0 Å². The molecule has 128 valence electrons. The highest BCUT2D eigenvalue weighted by Crippen LogP contribution is 2.23. The number of carbonyl (C=O) groups excluding carboxylic acids is 1. The van der Waals surface area contributed by atoms with Gasteiger partial charge < -0.3 is 9.80 Å². The van der Waals surface area contributed by atoms with E-state index < -0.39 is 0 Å². The van der Waals surface area contributed by atoms with Crippen molar-refractivity contribution in [2.45, 2.75) is 25.9 Å². The highest BCUT2D eigenvalue weighted by atomic mass is 16.2. The molecule has 6 heteroatoms. The second-order valence-electron chi connectivity index (χ2n) is 6.68. The first-order chi connectivity index (χ1) is 11.5. The van der Waals surface area contributed by atoms with Gasteiger partial charge in [0.15, 0.2) is 0 Å². The molecule has 0 spiro atoms. The van der Waals surface area contributed by atoms with Gasteiger partial charge in [-0.05, 0) is 32.1 Å². The molecule has 6 nitrogen and oxygen atoms in total. The number of likely N-dealkylation sites (N-methyl/N-ethyl adjacent to an activating group) is 1. The van der Waals surface area contributed by atoms with Crippen LogP contribution in [0.3, 0.4) is 0 Å². The van der Waals surface area contributed by atoms with Crippen LogP contribution in [0.25, 0.3) is 10.9 Å². The smallest absolute Gasteiger partial charge is 0.244 e. The zero-order valence-corrected chi connectivity index (χ0v) is 14.5. The van der Waals surface area contributed by atoms with E-state index >= 15 is 0 Å². The molecule has 24 heavy (non-hydrogen) atoms. The quantitative estimate of drug-likeness (QED) is 0.846. The van der Waals surface area contributed by atoms with E-state index in [0.717, 1.165) is 19.5 Å². The molecule has 0 radical (unpaired) electrons. The van der Waals surface area contributed by atoms with Gasteiger partial charge in [-0.15, -0.1) is 0 Å². The summed E-state index contributed by atoms with van der Waals surface area (Å²) in [4.78, 5) is 28.8. The molecule has 1 saturated heterocycles. The Morgan fingerprint density at radius 2 is 2.04 bits per heavy atom. The number of aromatic nitrogens is 2. The van der Waals surface area contributed by atoms with Crippen LogP contribution in [0, 0.1) is 5.92 Å². The van der Waals surface area contributed by atoms with E-state index in [2.05, 4.69) is 31.0 Å². The Morgan fingerprint density at radius 3 is 2.71 bits per heavy atom. The summed E-state index contributed by atoms with van der Waals surface area (Å²) in [7, 11) is 4.14. The van der Waals surface area contributed by atoms with Crippen LogP contribution in [0.1, 0.15) is 13.3 Å². The van der Waals surface area contributed by atoms with Crippen LogP contribution in [-0.4, -0.2) is 58.7 Å². The summed E-state index contributed by atoms with van der Waals surface area (Å²) >= 11 is 0. The molecule has 0 N–H and O–H groups in total. The summed E-state index contributed by atoms with van der Waals surface area (Å²) in [5.41, 5.74) is 0.586. The molecule has 1 aliphatic rings. The molecule has 1 aromatic carbocycles. The molecule has 2 heterocycles. The predicted molar refractivity (Wildman–Crippen MR) is 93.8 cm³/mol. The van der Waals surface area contributed by atoms with Crippen LogP contribution >= 0.6 is 0 Å². The summed E-state index contributed by atoms with van der Waals surface area (Å²) in [5, 5.41) is 4.75. The number of nitrogens with zero attached hydrogens (tertiary/aromatic N) is 4. The number of hydrogen-bond donors (Lipinski definition) is 0. The van der Waals surface area contributed by atoms with Crippen molar-refractivity contribution in [1.29, 1.82) is 0 Å². The summed E-state index contributed by atoms with van der Waals surface area (Å²) in [6.07, 6.45) is 2.35. The molecule has 1 aromatic heterocycles. The number of benzene rings is 1. The van der Waals surface area contributed by atoms with E-state index in [0.29, 0.717) is 22.9 Å². The lowest BCUT2D eigenvalue weighted by atomic mass is 10.0. The second-order valence-corrected chi connectivity index (χ2v) is 6.68. The van der Waals surface area contributed by atoms with Crippen molar-refractivity contribution in [3.63, 3.8) is 0 Å². The van der Waals surface area contributed by atoms with E-state index in [1.54, 1.807) is 10.7 Å². The third-order valence-corrected chi connectivity index (χ3v) is 4.99. The maximum absolute atomic E-state index is 12.7. The Labute approximate surface area is 141 Å². The molecule has 1 amide bonds. The lowest BCUT2D eigenvalue weighted by Gasteiger charge is -2.23. The van der Waals surface area contributed by atoms with E-state index in [9.17, 15) is 9.59 Å². The molecule has 0 bridgehead atoms. The molecule has 0 aliphatic carbocycles. The minimum absolute atomic E-state index is 0.0547. The predicted octanol–water partition coefficient (Wildman–Crippen LogP) is 1.20. The van der Waals surface area contributed by atoms with E-state index in [1.807, 2.05) is 23.1 Å². The monoisotopic (exact) mass is 328 g/mol. The number of likely N-dealkylation sites (tertiary alicyclic amines) is 1. The first-order valence-electron chi connectivity index (χ1n) is 8.40. The summed E-state index contributed by atoms with van der Waals surface area (Å²) < 4.78 is 1.63. The van der Waals surface area contributed by atoms with Gasteiger partial charge in [0.1, 0.15) is 6.54 Å². The lowest BCUT2D eigenvalue weighted by Crippen LogP contribution is -2.37. The standard InChI is InChI=1S/C18H24N4O2/c1-4-13-10-21(11-16(13)20(2)3)18(24)12-22-15-8-6-5-7-14(15)17(23)9-19-22/h5-9,13,16H,4,10-12H2,1-3H3.